The maximum atomic E-state index is 12.3. The summed E-state index contributed by atoms with van der Waals surface area (Å²) in [7, 11) is 0. The number of para-hydroxylation sites is 2. The number of fused-ring (bicyclic) bond motifs is 1. The summed E-state index contributed by atoms with van der Waals surface area (Å²) >= 11 is 0. The third-order valence-electron chi connectivity index (χ3n) is 4.20. The fourth-order valence-electron chi connectivity index (χ4n) is 3.00. The summed E-state index contributed by atoms with van der Waals surface area (Å²) in [6.07, 6.45) is 1.79. The molecule has 3 rings (SSSR count). The van der Waals surface area contributed by atoms with E-state index in [2.05, 4.69) is 22.9 Å². The van der Waals surface area contributed by atoms with E-state index in [0.29, 0.717) is 6.54 Å². The van der Waals surface area contributed by atoms with Gasteiger partial charge in [0.1, 0.15) is 5.82 Å². The van der Waals surface area contributed by atoms with Crippen molar-refractivity contribution in [3.63, 3.8) is 0 Å². The van der Waals surface area contributed by atoms with Crippen LogP contribution in [-0.2, 0) is 13.0 Å². The van der Waals surface area contributed by atoms with Gasteiger partial charge in [0.05, 0.1) is 11.0 Å². The molecule has 1 amide bonds. The maximum Gasteiger partial charge on any atom is 0.251 e. The number of rotatable bonds is 6. The second kappa shape index (κ2) is 7.30. The molecule has 124 valence electrons. The zero-order chi connectivity index (χ0) is 16.9. The van der Waals surface area contributed by atoms with Gasteiger partial charge in [-0.1, -0.05) is 37.3 Å². The minimum atomic E-state index is -0.0220. The molecule has 0 bridgehead atoms. The number of hydrogen-bond acceptors (Lipinski definition) is 2. The first-order valence-corrected chi connectivity index (χ1v) is 8.48. The monoisotopic (exact) mass is 321 g/mol. The molecule has 0 aliphatic heterocycles. The molecule has 24 heavy (non-hydrogen) atoms. The number of aryl methyl sites for hydroxylation is 2. The Hall–Kier alpha value is -2.62. The molecule has 1 heterocycles. The summed E-state index contributed by atoms with van der Waals surface area (Å²) in [5, 5.41) is 3.01. The molecule has 0 spiro atoms. The molecule has 4 heteroatoms. The van der Waals surface area contributed by atoms with Crippen LogP contribution in [0.15, 0.2) is 48.5 Å². The maximum absolute atomic E-state index is 12.3. The lowest BCUT2D eigenvalue weighted by molar-refractivity contribution is 0.0953. The Labute approximate surface area is 142 Å². The molecule has 0 aliphatic rings. The van der Waals surface area contributed by atoms with Gasteiger partial charge in [-0.25, -0.2) is 4.98 Å². The number of nitrogens with zero attached hydrogens (tertiary/aromatic N) is 2. The van der Waals surface area contributed by atoms with E-state index in [-0.39, 0.29) is 5.91 Å². The fraction of sp³-hybridized carbons (Fsp3) is 0.300. The number of carbonyl (C=O) groups is 1. The van der Waals surface area contributed by atoms with Crippen molar-refractivity contribution in [2.24, 2.45) is 0 Å². The van der Waals surface area contributed by atoms with Crippen LogP contribution >= 0.6 is 0 Å². The number of nitrogens with one attached hydrogen (secondary N) is 1. The second-order valence-electron chi connectivity index (χ2n) is 5.99. The van der Waals surface area contributed by atoms with Gasteiger partial charge in [0.2, 0.25) is 0 Å². The molecule has 0 fully saturated rings. The molecule has 2 aromatic carbocycles. The topological polar surface area (TPSA) is 46.9 Å². The third-order valence-corrected chi connectivity index (χ3v) is 4.20. The molecule has 0 radical (unpaired) electrons. The predicted molar refractivity (Wildman–Crippen MR) is 97.2 cm³/mol. The largest absolute Gasteiger partial charge is 0.352 e. The Morgan fingerprint density at radius 2 is 1.88 bits per heavy atom. The molecule has 4 nitrogen and oxygen atoms in total. The first-order valence-electron chi connectivity index (χ1n) is 8.48. The summed E-state index contributed by atoms with van der Waals surface area (Å²) < 4.78 is 2.26. The second-order valence-corrected chi connectivity index (χ2v) is 5.99. The van der Waals surface area contributed by atoms with Gasteiger partial charge in [-0.05, 0) is 37.1 Å². The van der Waals surface area contributed by atoms with Crippen molar-refractivity contribution in [3.8, 4) is 0 Å². The number of amides is 1. The molecule has 1 aromatic heterocycles. The van der Waals surface area contributed by atoms with Crippen molar-refractivity contribution in [1.29, 1.82) is 0 Å². The van der Waals surface area contributed by atoms with Crippen LogP contribution in [-0.4, -0.2) is 22.0 Å². The summed E-state index contributed by atoms with van der Waals surface area (Å²) in [6.45, 7) is 5.65. The Balaban J connectivity index is 1.71. The van der Waals surface area contributed by atoms with E-state index in [1.807, 2.05) is 49.4 Å². The first kappa shape index (κ1) is 16.2. The van der Waals surface area contributed by atoms with Crippen molar-refractivity contribution in [1.82, 2.24) is 14.9 Å². The van der Waals surface area contributed by atoms with Crippen molar-refractivity contribution in [3.05, 3.63) is 65.5 Å². The van der Waals surface area contributed by atoms with Crippen LogP contribution in [0.2, 0.25) is 0 Å². The van der Waals surface area contributed by atoms with Crippen LogP contribution in [0.4, 0.5) is 0 Å². The van der Waals surface area contributed by atoms with Crippen LogP contribution in [0.1, 0.15) is 35.1 Å². The number of imidazole rings is 1. The molecule has 1 N–H and O–H groups in total. The Morgan fingerprint density at radius 1 is 1.12 bits per heavy atom. The van der Waals surface area contributed by atoms with Gasteiger partial charge in [-0.15, -0.1) is 0 Å². The summed E-state index contributed by atoms with van der Waals surface area (Å²) in [5.74, 6) is 1.01. The smallest absolute Gasteiger partial charge is 0.251 e. The summed E-state index contributed by atoms with van der Waals surface area (Å²) in [6, 6.07) is 15.8. The molecule has 0 unspecified atom stereocenters. The van der Waals surface area contributed by atoms with Crippen molar-refractivity contribution in [2.75, 3.05) is 6.54 Å². The molecular weight excluding hydrogens is 298 g/mol. The molecular formula is C20H23N3O. The SMILES string of the molecule is CCCn1c(CCNC(=O)c2ccccc2C)nc2ccccc21. The van der Waals surface area contributed by atoms with Crippen molar-refractivity contribution < 1.29 is 4.79 Å². The Kier molecular flexibility index (Phi) is 4.94. The van der Waals surface area contributed by atoms with Crippen LogP contribution < -0.4 is 5.32 Å². The highest BCUT2D eigenvalue weighted by atomic mass is 16.1. The highest BCUT2D eigenvalue weighted by Gasteiger charge is 2.11. The van der Waals surface area contributed by atoms with Gasteiger partial charge >= 0.3 is 0 Å². The highest BCUT2D eigenvalue weighted by Crippen LogP contribution is 2.17. The van der Waals surface area contributed by atoms with Crippen LogP contribution in [0.25, 0.3) is 11.0 Å². The summed E-state index contributed by atoms with van der Waals surface area (Å²) in [4.78, 5) is 17.0. The lowest BCUT2D eigenvalue weighted by Gasteiger charge is -2.09. The Bertz CT molecular complexity index is 851. The number of carbonyl (C=O) groups excluding carboxylic acids is 1. The molecule has 0 saturated carbocycles. The van der Waals surface area contributed by atoms with E-state index in [1.54, 1.807) is 0 Å². The third kappa shape index (κ3) is 3.32. The molecule has 0 saturated heterocycles. The average molecular weight is 321 g/mol. The number of benzene rings is 2. The summed E-state index contributed by atoms with van der Waals surface area (Å²) in [5.41, 5.74) is 3.92. The predicted octanol–water partition coefficient (Wildman–Crippen LogP) is 3.73. The van der Waals surface area contributed by atoms with Gasteiger partial charge < -0.3 is 9.88 Å². The van der Waals surface area contributed by atoms with Crippen LogP contribution in [0.3, 0.4) is 0 Å². The van der Waals surface area contributed by atoms with Gasteiger partial charge in [0.25, 0.3) is 5.91 Å². The molecule has 0 atom stereocenters. The lowest BCUT2D eigenvalue weighted by atomic mass is 10.1. The number of aromatic nitrogens is 2. The van der Waals surface area contributed by atoms with E-state index in [9.17, 15) is 4.79 Å². The van der Waals surface area contributed by atoms with E-state index in [4.69, 9.17) is 4.98 Å². The minimum Gasteiger partial charge on any atom is -0.352 e. The quantitative estimate of drug-likeness (QED) is 0.752. The standard InChI is InChI=1S/C20H23N3O/c1-3-14-23-18-11-7-6-10-17(18)22-19(23)12-13-21-20(24)16-9-5-4-8-15(16)2/h4-11H,3,12-14H2,1-2H3,(H,21,24). The van der Waals surface area contributed by atoms with Gasteiger partial charge in [0, 0.05) is 25.1 Å². The van der Waals surface area contributed by atoms with E-state index in [1.165, 1.54) is 5.52 Å². The normalized spacial score (nSPS) is 10.9. The fourth-order valence-corrected chi connectivity index (χ4v) is 3.00. The van der Waals surface area contributed by atoms with E-state index in [0.717, 1.165) is 41.9 Å². The first-order chi connectivity index (χ1) is 11.7. The Morgan fingerprint density at radius 3 is 2.67 bits per heavy atom. The zero-order valence-corrected chi connectivity index (χ0v) is 14.2. The zero-order valence-electron chi connectivity index (χ0n) is 14.2. The number of hydrogen-bond donors (Lipinski definition) is 1. The minimum absolute atomic E-state index is 0.0220. The van der Waals surface area contributed by atoms with Crippen molar-refractivity contribution >= 4 is 16.9 Å². The van der Waals surface area contributed by atoms with Gasteiger partial charge in [0.15, 0.2) is 0 Å². The molecule has 0 aliphatic carbocycles. The van der Waals surface area contributed by atoms with Crippen LogP contribution in [0, 0.1) is 6.92 Å². The van der Waals surface area contributed by atoms with Crippen molar-refractivity contribution in [2.45, 2.75) is 33.2 Å². The van der Waals surface area contributed by atoms with E-state index >= 15 is 0 Å². The van der Waals surface area contributed by atoms with Gasteiger partial charge in [-0.3, -0.25) is 4.79 Å². The van der Waals surface area contributed by atoms with Crippen LogP contribution in [0.5, 0.6) is 0 Å². The lowest BCUT2D eigenvalue weighted by Crippen LogP contribution is -2.27. The average Bonchev–Trinajstić information content (AvgIpc) is 2.93. The molecule has 3 aromatic rings. The van der Waals surface area contributed by atoms with E-state index < -0.39 is 0 Å². The van der Waals surface area contributed by atoms with Gasteiger partial charge in [-0.2, -0.15) is 0 Å². The highest BCUT2D eigenvalue weighted by molar-refractivity contribution is 5.95.